The molecule has 49 heavy (non-hydrogen) atoms. The number of carbonyl (C=O) groups is 2. The smallest absolute Gasteiger partial charge is 0.193 e. The number of rotatable bonds is 6. The van der Waals surface area contributed by atoms with E-state index < -0.39 is 0 Å². The molecule has 2 aliphatic carbocycles. The first-order valence-electron chi connectivity index (χ1n) is 17.0. The minimum Gasteiger partial charge on any atom is -0.289 e. The second-order valence-corrected chi connectivity index (χ2v) is 14.4. The van der Waals surface area contributed by atoms with Gasteiger partial charge < -0.3 is 0 Å². The molecule has 0 bridgehead atoms. The zero-order valence-corrected chi connectivity index (χ0v) is 28.6. The summed E-state index contributed by atoms with van der Waals surface area (Å²) >= 11 is 0. The fraction of sp³-hybridized carbons (Fsp3) is 0.149. The first-order chi connectivity index (χ1) is 23.6. The zero-order chi connectivity index (χ0) is 34.1. The van der Waals surface area contributed by atoms with Crippen LogP contribution in [0, 0.1) is 0 Å². The van der Waals surface area contributed by atoms with Gasteiger partial charge in [0.25, 0.3) is 0 Å². The van der Waals surface area contributed by atoms with Gasteiger partial charge >= 0.3 is 0 Å². The molecule has 6 aromatic rings. The molecular formula is C47H38O2. The van der Waals surface area contributed by atoms with Gasteiger partial charge in [-0.3, -0.25) is 9.59 Å². The summed E-state index contributed by atoms with van der Waals surface area (Å²) in [6.45, 7) is 11.0. The van der Waals surface area contributed by atoms with Crippen LogP contribution in [0.25, 0.3) is 39.1 Å². The van der Waals surface area contributed by atoms with Gasteiger partial charge in [-0.05, 0) is 98.1 Å². The molecule has 0 atom stereocenters. The molecule has 0 N–H and O–H groups in total. The van der Waals surface area contributed by atoms with E-state index in [4.69, 9.17) is 0 Å². The van der Waals surface area contributed by atoms with Crippen LogP contribution in [0.3, 0.4) is 0 Å². The Balaban J connectivity index is 1.16. The molecule has 0 aromatic heterocycles. The molecule has 0 saturated carbocycles. The standard InChI is InChI=1S/C47H38O2/c1-6-7-8-13-29-14-11-17-31(24-29)44(48)32-20-22-35-38-27-43-39(28-42(38)46(2,3)40(35)25-32)36-23-21-33(26-41(36)47(43,4)5)45(49)37-19-12-16-30-15-9-10-18-34(30)37/h6-28H,1-5H3/b7-6-,13-8-. The molecule has 0 fully saturated rings. The van der Waals surface area contributed by atoms with Crippen LogP contribution in [0.1, 0.15) is 94.3 Å². The summed E-state index contributed by atoms with van der Waals surface area (Å²) in [5.74, 6) is 0.0772. The molecule has 0 amide bonds. The van der Waals surface area contributed by atoms with Crippen LogP contribution in [-0.4, -0.2) is 11.6 Å². The third-order valence-electron chi connectivity index (χ3n) is 10.8. The van der Waals surface area contributed by atoms with Crippen molar-refractivity contribution in [3.05, 3.63) is 184 Å². The Morgan fingerprint density at radius 1 is 0.510 bits per heavy atom. The number of ketones is 2. The van der Waals surface area contributed by atoms with Crippen molar-refractivity contribution in [2.75, 3.05) is 0 Å². The van der Waals surface area contributed by atoms with Gasteiger partial charge in [0.15, 0.2) is 11.6 Å². The predicted molar refractivity (Wildman–Crippen MR) is 203 cm³/mol. The third-order valence-corrected chi connectivity index (χ3v) is 10.8. The predicted octanol–water partition coefficient (Wildman–Crippen LogP) is 11.5. The van der Waals surface area contributed by atoms with Crippen LogP contribution in [0.4, 0.5) is 0 Å². The van der Waals surface area contributed by atoms with Gasteiger partial charge in [0, 0.05) is 33.1 Å². The van der Waals surface area contributed by atoms with E-state index in [1.165, 1.54) is 44.5 Å². The number of hydrogen-bond donors (Lipinski definition) is 0. The summed E-state index contributed by atoms with van der Waals surface area (Å²) in [4.78, 5) is 27.7. The quantitative estimate of drug-likeness (QED) is 0.135. The largest absolute Gasteiger partial charge is 0.289 e. The molecule has 0 saturated heterocycles. The molecule has 2 heteroatoms. The van der Waals surface area contributed by atoms with E-state index in [0.717, 1.165) is 21.9 Å². The molecule has 2 aliphatic rings. The third kappa shape index (κ3) is 4.77. The van der Waals surface area contributed by atoms with Crippen LogP contribution in [0.5, 0.6) is 0 Å². The Bertz CT molecular complexity index is 2430. The lowest BCUT2D eigenvalue weighted by Gasteiger charge is -2.24. The normalized spacial score (nSPS) is 15.0. The van der Waals surface area contributed by atoms with Crippen molar-refractivity contribution in [2.24, 2.45) is 0 Å². The summed E-state index contributed by atoms with van der Waals surface area (Å²) in [7, 11) is 0. The van der Waals surface area contributed by atoms with Crippen LogP contribution >= 0.6 is 0 Å². The number of carbonyl (C=O) groups excluding carboxylic acids is 2. The summed E-state index contributed by atoms with van der Waals surface area (Å²) in [6, 6.07) is 39.0. The van der Waals surface area contributed by atoms with E-state index in [1.54, 1.807) is 0 Å². The van der Waals surface area contributed by atoms with Gasteiger partial charge in [-0.15, -0.1) is 0 Å². The summed E-state index contributed by atoms with van der Waals surface area (Å²) < 4.78 is 0. The minimum atomic E-state index is -0.288. The Labute approximate surface area is 288 Å². The number of benzene rings is 6. The van der Waals surface area contributed by atoms with E-state index in [1.807, 2.05) is 98.0 Å². The molecule has 8 rings (SSSR count). The molecule has 0 unspecified atom stereocenters. The maximum absolute atomic E-state index is 13.9. The SMILES string of the molecule is C/C=C\C=C/c1cccc(C(=O)c2ccc3c(c2)C(C)(C)c2cc4c(cc2-3)C(C)(C)c2cc(C(=O)c3cccc5ccccc35)ccc2-4)c1. The maximum Gasteiger partial charge on any atom is 0.193 e. The highest BCUT2D eigenvalue weighted by Crippen LogP contribution is 2.56. The molecule has 0 heterocycles. The van der Waals surface area contributed by atoms with Gasteiger partial charge in [0.2, 0.25) is 0 Å². The van der Waals surface area contributed by atoms with Crippen LogP contribution in [0.15, 0.2) is 133 Å². The van der Waals surface area contributed by atoms with Gasteiger partial charge in [0.05, 0.1) is 0 Å². The van der Waals surface area contributed by atoms with Crippen LogP contribution < -0.4 is 0 Å². The fourth-order valence-electron chi connectivity index (χ4n) is 8.05. The van der Waals surface area contributed by atoms with Crippen LogP contribution in [0.2, 0.25) is 0 Å². The lowest BCUT2D eigenvalue weighted by molar-refractivity contribution is 0.103. The summed E-state index contributed by atoms with van der Waals surface area (Å²) in [6.07, 6.45) is 7.97. The van der Waals surface area contributed by atoms with Crippen molar-refractivity contribution in [3.8, 4) is 22.3 Å². The zero-order valence-electron chi connectivity index (χ0n) is 28.6. The van der Waals surface area contributed by atoms with Crippen molar-refractivity contribution in [1.29, 1.82) is 0 Å². The molecule has 0 radical (unpaired) electrons. The Morgan fingerprint density at radius 3 is 1.71 bits per heavy atom. The van der Waals surface area contributed by atoms with Gasteiger partial charge in [-0.2, -0.15) is 0 Å². The van der Waals surface area contributed by atoms with Crippen molar-refractivity contribution < 1.29 is 9.59 Å². The van der Waals surface area contributed by atoms with Crippen molar-refractivity contribution in [3.63, 3.8) is 0 Å². The van der Waals surface area contributed by atoms with E-state index in [0.29, 0.717) is 16.7 Å². The monoisotopic (exact) mass is 634 g/mol. The average molecular weight is 635 g/mol. The number of allylic oxidation sites excluding steroid dienone is 3. The Hall–Kier alpha value is -5.60. The number of fused-ring (bicyclic) bond motifs is 7. The Morgan fingerprint density at radius 2 is 1.06 bits per heavy atom. The molecule has 238 valence electrons. The van der Waals surface area contributed by atoms with Crippen molar-refractivity contribution in [1.82, 2.24) is 0 Å². The van der Waals surface area contributed by atoms with Gasteiger partial charge in [-0.25, -0.2) is 0 Å². The van der Waals surface area contributed by atoms with Gasteiger partial charge in [-0.1, -0.05) is 137 Å². The van der Waals surface area contributed by atoms with E-state index in [2.05, 4.69) is 76.2 Å². The van der Waals surface area contributed by atoms with Crippen molar-refractivity contribution in [2.45, 2.75) is 45.4 Å². The first kappa shape index (κ1) is 30.7. The van der Waals surface area contributed by atoms with E-state index >= 15 is 0 Å². The van der Waals surface area contributed by atoms with E-state index in [9.17, 15) is 9.59 Å². The lowest BCUT2D eigenvalue weighted by Crippen LogP contribution is -2.17. The minimum absolute atomic E-state index is 0.0299. The topological polar surface area (TPSA) is 34.1 Å². The molecule has 2 nitrogen and oxygen atoms in total. The number of hydrogen-bond acceptors (Lipinski definition) is 2. The van der Waals surface area contributed by atoms with Crippen molar-refractivity contribution >= 4 is 28.4 Å². The fourth-order valence-corrected chi connectivity index (χ4v) is 8.05. The second-order valence-electron chi connectivity index (χ2n) is 14.4. The molecular weight excluding hydrogens is 597 g/mol. The summed E-state index contributed by atoms with van der Waals surface area (Å²) in [5.41, 5.74) is 13.0. The first-order valence-corrected chi connectivity index (χ1v) is 17.0. The second kappa shape index (κ2) is 11.2. The molecule has 0 spiro atoms. The average Bonchev–Trinajstić information content (AvgIpc) is 3.48. The molecule has 6 aromatic carbocycles. The van der Waals surface area contributed by atoms with Gasteiger partial charge in [0.1, 0.15) is 0 Å². The lowest BCUT2D eigenvalue weighted by atomic mass is 9.79. The highest BCUT2D eigenvalue weighted by Gasteiger charge is 2.42. The Kier molecular flexibility index (Phi) is 7.05. The highest BCUT2D eigenvalue weighted by molar-refractivity contribution is 6.17. The molecule has 0 aliphatic heterocycles. The highest BCUT2D eigenvalue weighted by atomic mass is 16.1. The summed E-state index contributed by atoms with van der Waals surface area (Å²) in [5, 5.41) is 2.05. The maximum atomic E-state index is 13.9. The van der Waals surface area contributed by atoms with E-state index in [-0.39, 0.29) is 22.4 Å². The van der Waals surface area contributed by atoms with Crippen LogP contribution in [-0.2, 0) is 10.8 Å².